The first kappa shape index (κ1) is 12.9. The summed E-state index contributed by atoms with van der Waals surface area (Å²) >= 11 is 0. The molecule has 2 aromatic carbocycles. The highest BCUT2D eigenvalue weighted by atomic mass is 16.5. The summed E-state index contributed by atoms with van der Waals surface area (Å²) in [7, 11) is 0. The van der Waals surface area contributed by atoms with Crippen LogP contribution in [-0.4, -0.2) is 23.0 Å². The van der Waals surface area contributed by atoms with Crippen LogP contribution in [0.4, 0.5) is 0 Å². The van der Waals surface area contributed by atoms with Gasteiger partial charge in [-0.3, -0.25) is 4.90 Å². The molecule has 1 fully saturated rings. The zero-order valence-corrected chi connectivity index (χ0v) is 13.3. The third kappa shape index (κ3) is 3.57. The van der Waals surface area contributed by atoms with Gasteiger partial charge in [0.25, 0.3) is 0 Å². The lowest BCUT2D eigenvalue weighted by Crippen LogP contribution is -2.35. The standard InChI is InChI=1S/C20H25NO/c1-16-13-20(22-15-19-11-7-4-8-12-19)17(2)21(16)14-18-9-5-3-6-10-18/h3-12,16-17,20H,13-15H2,1-2H3/i17D,20D. The molecule has 0 bridgehead atoms. The molecule has 0 radical (unpaired) electrons. The molecule has 2 heteroatoms. The van der Waals surface area contributed by atoms with Gasteiger partial charge in [0.15, 0.2) is 0 Å². The van der Waals surface area contributed by atoms with E-state index in [9.17, 15) is 0 Å². The highest BCUT2D eigenvalue weighted by molar-refractivity contribution is 5.16. The van der Waals surface area contributed by atoms with Crippen molar-refractivity contribution in [3.05, 3.63) is 71.8 Å². The first-order valence-corrected chi connectivity index (χ1v) is 7.91. The zero-order valence-electron chi connectivity index (χ0n) is 15.3. The molecule has 0 spiro atoms. The number of rotatable bonds is 5. The van der Waals surface area contributed by atoms with Gasteiger partial charge in [-0.1, -0.05) is 60.7 Å². The van der Waals surface area contributed by atoms with Gasteiger partial charge >= 0.3 is 0 Å². The fraction of sp³-hybridized carbons (Fsp3) is 0.400. The maximum atomic E-state index is 8.86. The van der Waals surface area contributed by atoms with E-state index in [1.54, 1.807) is 6.92 Å². The van der Waals surface area contributed by atoms with Gasteiger partial charge in [0, 0.05) is 20.0 Å². The van der Waals surface area contributed by atoms with E-state index in [1.165, 1.54) is 0 Å². The van der Waals surface area contributed by atoms with Crippen molar-refractivity contribution in [3.8, 4) is 0 Å². The van der Waals surface area contributed by atoms with Crippen LogP contribution in [0.2, 0.25) is 0 Å². The van der Waals surface area contributed by atoms with E-state index < -0.39 is 12.1 Å². The van der Waals surface area contributed by atoms with Crippen molar-refractivity contribution in [2.45, 2.75) is 51.6 Å². The Hall–Kier alpha value is -1.64. The normalized spacial score (nSPS) is 33.5. The highest BCUT2D eigenvalue weighted by Gasteiger charge is 2.36. The molecule has 1 aliphatic rings. The molecule has 1 aliphatic heterocycles. The molecule has 0 saturated carbocycles. The number of hydrogen-bond donors (Lipinski definition) is 0. The Bertz CT molecular complexity index is 659. The predicted octanol–water partition coefficient (Wildman–Crippen LogP) is 4.25. The number of benzene rings is 2. The van der Waals surface area contributed by atoms with Gasteiger partial charge in [-0.05, 0) is 31.4 Å². The quantitative estimate of drug-likeness (QED) is 0.818. The first-order valence-electron chi connectivity index (χ1n) is 8.91. The lowest BCUT2D eigenvalue weighted by Gasteiger charge is -2.27. The van der Waals surface area contributed by atoms with E-state index in [4.69, 9.17) is 7.48 Å². The Morgan fingerprint density at radius 2 is 1.59 bits per heavy atom. The van der Waals surface area contributed by atoms with Crippen LogP contribution in [0.1, 0.15) is 34.1 Å². The molecule has 1 saturated heterocycles. The van der Waals surface area contributed by atoms with Crippen LogP contribution in [0.3, 0.4) is 0 Å². The molecule has 116 valence electrons. The summed E-state index contributed by atoms with van der Waals surface area (Å²) in [6.45, 7) is 4.91. The van der Waals surface area contributed by atoms with Gasteiger partial charge in [0.05, 0.1) is 14.1 Å². The van der Waals surface area contributed by atoms with E-state index in [1.807, 2.05) is 48.5 Å². The fourth-order valence-corrected chi connectivity index (χ4v) is 2.98. The second-order valence-corrected chi connectivity index (χ2v) is 5.95. The van der Waals surface area contributed by atoms with Crippen LogP contribution >= 0.6 is 0 Å². The molecule has 2 nitrogen and oxygen atoms in total. The smallest absolute Gasteiger partial charge is 0.0747 e. The van der Waals surface area contributed by atoms with Gasteiger partial charge in [0.2, 0.25) is 0 Å². The first-order chi connectivity index (χ1) is 11.4. The lowest BCUT2D eigenvalue weighted by atomic mass is 10.1. The third-order valence-electron chi connectivity index (χ3n) is 4.30. The van der Waals surface area contributed by atoms with Crippen molar-refractivity contribution < 1.29 is 7.48 Å². The van der Waals surface area contributed by atoms with Crippen LogP contribution in [0.5, 0.6) is 0 Å². The van der Waals surface area contributed by atoms with Crippen molar-refractivity contribution in [1.29, 1.82) is 0 Å². The molecule has 3 unspecified atom stereocenters. The Morgan fingerprint density at radius 1 is 1.00 bits per heavy atom. The summed E-state index contributed by atoms with van der Waals surface area (Å²) in [6.07, 6.45) is -0.705. The average Bonchev–Trinajstić information content (AvgIpc) is 2.75. The van der Waals surface area contributed by atoms with Crippen molar-refractivity contribution >= 4 is 0 Å². The molecule has 0 amide bonds. The SMILES string of the molecule is [2H]C1(OCc2ccccc2)CC(C)N(Cc2ccccc2)C1([2H])C. The second-order valence-electron chi connectivity index (χ2n) is 5.95. The van der Waals surface area contributed by atoms with Gasteiger partial charge in [-0.15, -0.1) is 0 Å². The molecule has 0 N–H and O–H groups in total. The Morgan fingerprint density at radius 3 is 2.23 bits per heavy atom. The van der Waals surface area contributed by atoms with Crippen LogP contribution in [0.25, 0.3) is 0 Å². The Balaban J connectivity index is 1.75. The van der Waals surface area contributed by atoms with E-state index in [2.05, 4.69) is 24.0 Å². The number of hydrogen-bond acceptors (Lipinski definition) is 2. The highest BCUT2D eigenvalue weighted by Crippen LogP contribution is 2.29. The van der Waals surface area contributed by atoms with E-state index in [0.717, 1.165) is 11.1 Å². The maximum absolute atomic E-state index is 8.86. The van der Waals surface area contributed by atoms with Gasteiger partial charge in [0.1, 0.15) is 0 Å². The number of ether oxygens (including phenoxy) is 1. The lowest BCUT2D eigenvalue weighted by molar-refractivity contribution is 0.0195. The molecule has 1 heterocycles. The van der Waals surface area contributed by atoms with E-state index >= 15 is 0 Å². The van der Waals surface area contributed by atoms with Crippen LogP contribution in [0, 0.1) is 0 Å². The van der Waals surface area contributed by atoms with Gasteiger partial charge < -0.3 is 4.74 Å². The molecule has 3 atom stereocenters. The maximum Gasteiger partial charge on any atom is 0.0747 e. The average molecular weight is 297 g/mol. The number of nitrogens with zero attached hydrogens (tertiary/aromatic N) is 1. The summed E-state index contributed by atoms with van der Waals surface area (Å²) in [5.74, 6) is 0. The van der Waals surface area contributed by atoms with Crippen molar-refractivity contribution in [2.24, 2.45) is 0 Å². The molecular weight excluding hydrogens is 270 g/mol. The van der Waals surface area contributed by atoms with Gasteiger partial charge in [-0.2, -0.15) is 0 Å². The molecule has 0 aliphatic carbocycles. The molecule has 3 rings (SSSR count). The minimum atomic E-state index is -1.24. The summed E-state index contributed by atoms with van der Waals surface area (Å²) in [6, 6.07) is 19.1. The summed E-state index contributed by atoms with van der Waals surface area (Å²) in [4.78, 5) is 2.07. The van der Waals surface area contributed by atoms with Crippen LogP contribution in [-0.2, 0) is 17.9 Å². The predicted molar refractivity (Wildman–Crippen MR) is 90.5 cm³/mol. The Labute approximate surface area is 136 Å². The van der Waals surface area contributed by atoms with Crippen molar-refractivity contribution in [1.82, 2.24) is 4.90 Å². The van der Waals surface area contributed by atoms with Crippen molar-refractivity contribution in [2.75, 3.05) is 0 Å². The molecule has 0 aromatic heterocycles. The molecule has 2 aromatic rings. The Kier molecular flexibility index (Phi) is 4.14. The largest absolute Gasteiger partial charge is 0.372 e. The van der Waals surface area contributed by atoms with Crippen LogP contribution < -0.4 is 0 Å². The minimum absolute atomic E-state index is 0.126. The minimum Gasteiger partial charge on any atom is -0.372 e. The monoisotopic (exact) mass is 297 g/mol. The van der Waals surface area contributed by atoms with Crippen molar-refractivity contribution in [3.63, 3.8) is 0 Å². The second kappa shape index (κ2) is 7.08. The fourth-order valence-electron chi connectivity index (χ4n) is 2.98. The topological polar surface area (TPSA) is 12.5 Å². The summed E-state index contributed by atoms with van der Waals surface area (Å²) < 4.78 is 23.6. The zero-order chi connectivity index (χ0) is 17.2. The molecule has 22 heavy (non-hydrogen) atoms. The number of likely N-dealkylation sites (tertiary alicyclic amines) is 1. The summed E-state index contributed by atoms with van der Waals surface area (Å²) in [5.41, 5.74) is 2.20. The molecular formula is C20H25NO. The third-order valence-corrected chi connectivity index (χ3v) is 4.30. The van der Waals surface area contributed by atoms with E-state index in [0.29, 0.717) is 19.6 Å². The van der Waals surface area contributed by atoms with Crippen LogP contribution in [0.15, 0.2) is 60.7 Å². The van der Waals surface area contributed by atoms with Gasteiger partial charge in [-0.25, -0.2) is 0 Å². The summed E-state index contributed by atoms with van der Waals surface area (Å²) in [5, 5.41) is 0. The van der Waals surface area contributed by atoms with E-state index in [-0.39, 0.29) is 6.04 Å².